The average Bonchev–Trinajstić information content (AvgIpc) is 3.34. The van der Waals surface area contributed by atoms with Crippen molar-refractivity contribution in [3.8, 4) is 16.9 Å². The predicted octanol–water partition coefficient (Wildman–Crippen LogP) is 3.73. The van der Waals surface area contributed by atoms with Crippen LogP contribution in [0.2, 0.25) is 0 Å². The normalized spacial score (nSPS) is 14.1. The highest BCUT2D eigenvalue weighted by atomic mass is 16.6. The molecule has 1 aliphatic rings. The number of carbonyl (C=O) groups is 1. The van der Waals surface area contributed by atoms with Crippen LogP contribution >= 0.6 is 0 Å². The van der Waals surface area contributed by atoms with Gasteiger partial charge in [0.1, 0.15) is 0 Å². The number of rotatable bonds is 7. The third kappa shape index (κ3) is 5.31. The summed E-state index contributed by atoms with van der Waals surface area (Å²) in [5.74, 6) is 0.0447. The van der Waals surface area contributed by atoms with Crippen molar-refractivity contribution in [3.05, 3.63) is 107 Å². The molecule has 0 bridgehead atoms. The van der Waals surface area contributed by atoms with Crippen molar-refractivity contribution in [1.82, 2.24) is 24.6 Å². The molecule has 2 aromatic heterocycles. The van der Waals surface area contributed by atoms with E-state index in [0.717, 1.165) is 42.1 Å². The molecule has 0 unspecified atom stereocenters. The second-order valence-electron chi connectivity index (χ2n) is 8.74. The van der Waals surface area contributed by atoms with Gasteiger partial charge in [-0.3, -0.25) is 24.8 Å². The number of hydrogen-bond acceptors (Lipinski definition) is 6. The first-order valence-corrected chi connectivity index (χ1v) is 11.9. The minimum atomic E-state index is -0.426. The molecule has 2 aromatic carbocycles. The highest BCUT2D eigenvalue weighted by molar-refractivity contribution is 5.81. The van der Waals surface area contributed by atoms with E-state index in [2.05, 4.69) is 9.88 Å². The van der Waals surface area contributed by atoms with Gasteiger partial charge in [0.15, 0.2) is 0 Å². The Morgan fingerprint density at radius 2 is 1.64 bits per heavy atom. The number of piperazine rings is 1. The zero-order chi connectivity index (χ0) is 24.9. The van der Waals surface area contributed by atoms with Crippen LogP contribution < -0.4 is 0 Å². The van der Waals surface area contributed by atoms with Crippen molar-refractivity contribution < 1.29 is 9.72 Å². The lowest BCUT2D eigenvalue weighted by atomic mass is 10.0. The molecule has 0 spiro atoms. The van der Waals surface area contributed by atoms with Gasteiger partial charge in [0.05, 0.1) is 28.4 Å². The van der Waals surface area contributed by atoms with Crippen LogP contribution in [0.4, 0.5) is 5.69 Å². The van der Waals surface area contributed by atoms with Gasteiger partial charge in [-0.2, -0.15) is 5.10 Å². The highest BCUT2D eigenvalue weighted by Crippen LogP contribution is 2.27. The van der Waals surface area contributed by atoms with Gasteiger partial charge < -0.3 is 4.90 Å². The fraction of sp³-hybridized carbons (Fsp3) is 0.222. The van der Waals surface area contributed by atoms with Crippen LogP contribution in [0.3, 0.4) is 0 Å². The summed E-state index contributed by atoms with van der Waals surface area (Å²) < 4.78 is 1.75. The molecule has 4 aromatic rings. The Hall–Kier alpha value is -4.37. The highest BCUT2D eigenvalue weighted by Gasteiger charge is 2.24. The van der Waals surface area contributed by atoms with Crippen LogP contribution in [-0.2, 0) is 17.8 Å². The third-order valence-electron chi connectivity index (χ3n) is 6.34. The minimum Gasteiger partial charge on any atom is -0.340 e. The van der Waals surface area contributed by atoms with E-state index < -0.39 is 4.92 Å². The lowest BCUT2D eigenvalue weighted by molar-refractivity contribution is -0.384. The molecule has 9 heteroatoms. The molecule has 3 heterocycles. The number of benzene rings is 2. The maximum absolute atomic E-state index is 13.3. The third-order valence-corrected chi connectivity index (χ3v) is 6.34. The molecule has 0 aliphatic carbocycles. The monoisotopic (exact) mass is 482 g/mol. The van der Waals surface area contributed by atoms with Gasteiger partial charge in [-0.1, -0.05) is 24.3 Å². The van der Waals surface area contributed by atoms with Gasteiger partial charge in [-0.15, -0.1) is 0 Å². The Labute approximate surface area is 208 Å². The maximum Gasteiger partial charge on any atom is 0.269 e. The van der Waals surface area contributed by atoms with Crippen LogP contribution in [0, 0.1) is 10.1 Å². The molecule has 0 radical (unpaired) electrons. The number of amides is 1. The summed E-state index contributed by atoms with van der Waals surface area (Å²) in [6.07, 6.45) is 3.88. The molecule has 5 rings (SSSR count). The Balaban J connectivity index is 1.32. The SMILES string of the molecule is O=C(Cc1cn(-c2ccccc2)nc1-c1ccc([N+](=O)[O-])cc1)N1CCN(Cc2ccccn2)CC1. The molecule has 1 aliphatic heterocycles. The second-order valence-corrected chi connectivity index (χ2v) is 8.74. The maximum atomic E-state index is 13.3. The molecule has 1 fully saturated rings. The number of pyridine rings is 1. The van der Waals surface area contributed by atoms with Gasteiger partial charge >= 0.3 is 0 Å². The van der Waals surface area contributed by atoms with Crippen molar-refractivity contribution in [2.24, 2.45) is 0 Å². The molecule has 182 valence electrons. The molecule has 36 heavy (non-hydrogen) atoms. The fourth-order valence-corrected chi connectivity index (χ4v) is 4.39. The van der Waals surface area contributed by atoms with Gasteiger partial charge in [-0.05, 0) is 36.4 Å². The van der Waals surface area contributed by atoms with Gasteiger partial charge in [0, 0.05) is 68.4 Å². The van der Waals surface area contributed by atoms with Gasteiger partial charge in [0.25, 0.3) is 5.69 Å². The van der Waals surface area contributed by atoms with Crippen LogP contribution in [0.5, 0.6) is 0 Å². The van der Waals surface area contributed by atoms with E-state index in [1.807, 2.05) is 59.6 Å². The summed E-state index contributed by atoms with van der Waals surface area (Å²) >= 11 is 0. The van der Waals surface area contributed by atoms with Crippen molar-refractivity contribution in [1.29, 1.82) is 0 Å². The van der Waals surface area contributed by atoms with E-state index in [4.69, 9.17) is 5.10 Å². The zero-order valence-electron chi connectivity index (χ0n) is 19.7. The first-order valence-electron chi connectivity index (χ1n) is 11.9. The molecule has 1 saturated heterocycles. The molecule has 9 nitrogen and oxygen atoms in total. The number of nitro benzene ring substituents is 1. The fourth-order valence-electron chi connectivity index (χ4n) is 4.39. The second kappa shape index (κ2) is 10.5. The van der Waals surface area contributed by atoms with Crippen LogP contribution in [0.1, 0.15) is 11.3 Å². The summed E-state index contributed by atoms with van der Waals surface area (Å²) in [5, 5.41) is 15.8. The first-order chi connectivity index (χ1) is 17.6. The molecular formula is C27H26N6O3. The lowest BCUT2D eigenvalue weighted by Gasteiger charge is -2.34. The average molecular weight is 483 g/mol. The predicted molar refractivity (Wildman–Crippen MR) is 135 cm³/mol. The van der Waals surface area contributed by atoms with Crippen LogP contribution in [-0.4, -0.2) is 61.6 Å². The number of aromatic nitrogens is 3. The smallest absolute Gasteiger partial charge is 0.269 e. The van der Waals surface area contributed by atoms with Crippen LogP contribution in [0.25, 0.3) is 16.9 Å². The topological polar surface area (TPSA) is 97.4 Å². The summed E-state index contributed by atoms with van der Waals surface area (Å²) in [6.45, 7) is 3.68. The summed E-state index contributed by atoms with van der Waals surface area (Å²) in [4.78, 5) is 32.5. The number of nitro groups is 1. The number of carbonyl (C=O) groups excluding carboxylic acids is 1. The standard InChI is InChI=1S/C27H26N6O3/c34-26(31-16-14-30(15-17-31)20-23-6-4-5-13-28-23)18-22-19-32(24-7-2-1-3-8-24)29-27(22)21-9-11-25(12-10-21)33(35)36/h1-13,19H,14-18,20H2. The van der Waals surface area contributed by atoms with Gasteiger partial charge in [-0.25, -0.2) is 4.68 Å². The number of para-hydroxylation sites is 1. The Kier molecular flexibility index (Phi) is 6.81. The number of nitrogens with zero attached hydrogens (tertiary/aromatic N) is 6. The summed E-state index contributed by atoms with van der Waals surface area (Å²) in [5.41, 5.74) is 4.09. The first kappa shape index (κ1) is 23.4. The van der Waals surface area contributed by atoms with Crippen molar-refractivity contribution in [2.45, 2.75) is 13.0 Å². The minimum absolute atomic E-state index is 0.0162. The summed E-state index contributed by atoms with van der Waals surface area (Å²) in [6, 6.07) is 21.9. The molecule has 0 saturated carbocycles. The Morgan fingerprint density at radius 1 is 0.917 bits per heavy atom. The summed E-state index contributed by atoms with van der Waals surface area (Å²) in [7, 11) is 0. The molecule has 1 amide bonds. The van der Waals surface area contributed by atoms with Gasteiger partial charge in [0.2, 0.25) is 5.91 Å². The molecule has 0 atom stereocenters. The van der Waals surface area contributed by atoms with E-state index >= 15 is 0 Å². The Bertz CT molecular complexity index is 1330. The quantitative estimate of drug-likeness (QED) is 0.294. The zero-order valence-corrected chi connectivity index (χ0v) is 19.7. The van der Waals surface area contributed by atoms with E-state index in [1.54, 1.807) is 23.0 Å². The van der Waals surface area contributed by atoms with E-state index in [0.29, 0.717) is 18.8 Å². The number of hydrogen-bond donors (Lipinski definition) is 0. The van der Waals surface area contributed by atoms with Crippen molar-refractivity contribution in [2.75, 3.05) is 26.2 Å². The molecular weight excluding hydrogens is 456 g/mol. The van der Waals surface area contributed by atoms with E-state index in [-0.39, 0.29) is 18.0 Å². The van der Waals surface area contributed by atoms with E-state index in [9.17, 15) is 14.9 Å². The van der Waals surface area contributed by atoms with Crippen LogP contribution in [0.15, 0.2) is 85.2 Å². The van der Waals surface area contributed by atoms with Crippen molar-refractivity contribution >= 4 is 11.6 Å². The van der Waals surface area contributed by atoms with E-state index in [1.165, 1.54) is 12.1 Å². The number of non-ortho nitro benzene ring substituents is 1. The largest absolute Gasteiger partial charge is 0.340 e. The van der Waals surface area contributed by atoms with Crippen molar-refractivity contribution in [3.63, 3.8) is 0 Å². The molecule has 0 N–H and O–H groups in total. The Morgan fingerprint density at radius 3 is 2.31 bits per heavy atom. The lowest BCUT2D eigenvalue weighted by Crippen LogP contribution is -2.48.